The van der Waals surface area contributed by atoms with Gasteiger partial charge in [-0.1, -0.05) is 20.8 Å². The fraction of sp³-hybridized carbons (Fsp3) is 0.846. The third-order valence-electron chi connectivity index (χ3n) is 3.77. The monoisotopic (exact) mass is 237 g/mol. The number of amides is 1. The van der Waals surface area contributed by atoms with Gasteiger partial charge in [-0.3, -0.25) is 15.1 Å². The van der Waals surface area contributed by atoms with Gasteiger partial charge in [-0.15, -0.1) is 0 Å². The van der Waals surface area contributed by atoms with Gasteiger partial charge in [-0.05, 0) is 37.5 Å². The fourth-order valence-corrected chi connectivity index (χ4v) is 2.50. The van der Waals surface area contributed by atoms with Gasteiger partial charge in [0.25, 0.3) is 5.91 Å². The van der Waals surface area contributed by atoms with Crippen LogP contribution in [0.5, 0.6) is 0 Å². The number of aliphatic imine (C=N–C) groups is 1. The van der Waals surface area contributed by atoms with Crippen molar-refractivity contribution in [1.82, 2.24) is 10.6 Å². The standard InChI is InChI=1S/C13H23N3O/c1-9(2)8-14-12-15-11(17)13(16-12)6-4-10(3)5-7-13/h9-10H,4-8H2,1-3H3,(H2,14,15,16,17). The minimum atomic E-state index is -0.359. The van der Waals surface area contributed by atoms with Crippen molar-refractivity contribution in [2.24, 2.45) is 16.8 Å². The Balaban J connectivity index is 2.02. The summed E-state index contributed by atoms with van der Waals surface area (Å²) in [4.78, 5) is 16.5. The molecule has 0 aromatic carbocycles. The molecule has 4 heteroatoms. The molecule has 1 aliphatic heterocycles. The average Bonchev–Trinajstić information content (AvgIpc) is 2.58. The van der Waals surface area contributed by atoms with Crippen molar-refractivity contribution in [3.63, 3.8) is 0 Å². The minimum Gasteiger partial charge on any atom is -0.342 e. The van der Waals surface area contributed by atoms with Gasteiger partial charge in [-0.25, -0.2) is 0 Å². The highest BCUT2D eigenvalue weighted by Crippen LogP contribution is 2.33. The lowest BCUT2D eigenvalue weighted by Gasteiger charge is -2.33. The SMILES string of the molecule is CC(C)CN=C1NC(=O)C2(CCC(C)CC2)N1. The molecule has 1 saturated heterocycles. The second-order valence-corrected chi connectivity index (χ2v) is 5.93. The van der Waals surface area contributed by atoms with Gasteiger partial charge in [0.05, 0.1) is 0 Å². The van der Waals surface area contributed by atoms with Gasteiger partial charge in [0.15, 0.2) is 5.96 Å². The van der Waals surface area contributed by atoms with Crippen molar-refractivity contribution in [2.45, 2.75) is 52.0 Å². The maximum Gasteiger partial charge on any atom is 0.252 e. The fourth-order valence-electron chi connectivity index (χ4n) is 2.50. The first-order valence-corrected chi connectivity index (χ1v) is 6.66. The highest BCUT2D eigenvalue weighted by molar-refractivity contribution is 6.09. The van der Waals surface area contributed by atoms with Crippen LogP contribution in [0.1, 0.15) is 46.5 Å². The smallest absolute Gasteiger partial charge is 0.252 e. The molecule has 2 rings (SSSR count). The van der Waals surface area contributed by atoms with Gasteiger partial charge >= 0.3 is 0 Å². The number of carbonyl (C=O) groups is 1. The maximum absolute atomic E-state index is 12.1. The van der Waals surface area contributed by atoms with E-state index in [2.05, 4.69) is 36.4 Å². The Morgan fingerprint density at radius 1 is 1.41 bits per heavy atom. The molecule has 2 N–H and O–H groups in total. The van der Waals surface area contributed by atoms with E-state index in [9.17, 15) is 4.79 Å². The number of nitrogens with one attached hydrogen (secondary N) is 2. The molecule has 1 aliphatic carbocycles. The first-order chi connectivity index (χ1) is 8.02. The summed E-state index contributed by atoms with van der Waals surface area (Å²) < 4.78 is 0. The molecule has 0 bridgehead atoms. The van der Waals surface area contributed by atoms with Crippen LogP contribution in [0, 0.1) is 11.8 Å². The Labute approximate surface area is 103 Å². The van der Waals surface area contributed by atoms with E-state index in [1.807, 2.05) is 0 Å². The lowest BCUT2D eigenvalue weighted by molar-refractivity contribution is -0.125. The lowest BCUT2D eigenvalue weighted by atomic mass is 9.77. The van der Waals surface area contributed by atoms with Crippen molar-refractivity contribution in [1.29, 1.82) is 0 Å². The number of nitrogens with zero attached hydrogens (tertiary/aromatic N) is 1. The van der Waals surface area contributed by atoms with Crippen LogP contribution in [-0.4, -0.2) is 24.0 Å². The van der Waals surface area contributed by atoms with E-state index >= 15 is 0 Å². The van der Waals surface area contributed by atoms with Gasteiger partial charge in [0, 0.05) is 6.54 Å². The zero-order valence-corrected chi connectivity index (χ0v) is 11.0. The Morgan fingerprint density at radius 2 is 2.06 bits per heavy atom. The van der Waals surface area contributed by atoms with Crippen LogP contribution in [0.2, 0.25) is 0 Å². The average molecular weight is 237 g/mol. The van der Waals surface area contributed by atoms with Crippen LogP contribution < -0.4 is 10.6 Å². The lowest BCUT2D eigenvalue weighted by Crippen LogP contribution is -2.49. The Kier molecular flexibility index (Phi) is 3.40. The molecular weight excluding hydrogens is 214 g/mol. The zero-order valence-electron chi connectivity index (χ0n) is 11.0. The van der Waals surface area contributed by atoms with Crippen molar-refractivity contribution in [3.8, 4) is 0 Å². The van der Waals surface area contributed by atoms with Gasteiger partial charge in [0.1, 0.15) is 5.54 Å². The maximum atomic E-state index is 12.1. The number of guanidine groups is 1. The van der Waals surface area contributed by atoms with E-state index in [0.717, 1.165) is 38.1 Å². The molecule has 0 atom stereocenters. The summed E-state index contributed by atoms with van der Waals surface area (Å²) in [7, 11) is 0. The summed E-state index contributed by atoms with van der Waals surface area (Å²) in [6, 6.07) is 0. The molecule has 96 valence electrons. The largest absolute Gasteiger partial charge is 0.342 e. The molecule has 0 aromatic heterocycles. The van der Waals surface area contributed by atoms with E-state index in [1.165, 1.54) is 0 Å². The van der Waals surface area contributed by atoms with E-state index in [0.29, 0.717) is 11.9 Å². The van der Waals surface area contributed by atoms with Gasteiger partial charge < -0.3 is 5.32 Å². The molecule has 0 radical (unpaired) electrons. The number of hydrogen-bond acceptors (Lipinski definition) is 2. The number of carbonyl (C=O) groups excluding carboxylic acids is 1. The van der Waals surface area contributed by atoms with Crippen LogP contribution >= 0.6 is 0 Å². The first kappa shape index (κ1) is 12.4. The van der Waals surface area contributed by atoms with Crippen LogP contribution in [0.4, 0.5) is 0 Å². The minimum absolute atomic E-state index is 0.118. The molecule has 2 fully saturated rings. The molecule has 0 unspecified atom stereocenters. The van der Waals surface area contributed by atoms with Crippen molar-refractivity contribution in [2.75, 3.05) is 6.54 Å². The van der Waals surface area contributed by atoms with Gasteiger partial charge in [0.2, 0.25) is 0 Å². The summed E-state index contributed by atoms with van der Waals surface area (Å²) in [5.74, 6) is 2.06. The summed E-state index contributed by atoms with van der Waals surface area (Å²) in [6.45, 7) is 7.26. The molecule has 1 amide bonds. The van der Waals surface area contributed by atoms with Gasteiger partial charge in [-0.2, -0.15) is 0 Å². The van der Waals surface area contributed by atoms with Crippen LogP contribution in [0.3, 0.4) is 0 Å². The van der Waals surface area contributed by atoms with E-state index in [1.54, 1.807) is 0 Å². The van der Waals surface area contributed by atoms with Crippen LogP contribution in [-0.2, 0) is 4.79 Å². The molecule has 4 nitrogen and oxygen atoms in total. The third-order valence-corrected chi connectivity index (χ3v) is 3.77. The first-order valence-electron chi connectivity index (χ1n) is 6.66. The predicted molar refractivity (Wildman–Crippen MR) is 68.8 cm³/mol. The van der Waals surface area contributed by atoms with E-state index in [4.69, 9.17) is 0 Å². The Morgan fingerprint density at radius 3 is 2.65 bits per heavy atom. The summed E-state index contributed by atoms with van der Waals surface area (Å²) in [5, 5.41) is 6.21. The second-order valence-electron chi connectivity index (χ2n) is 5.93. The molecule has 1 saturated carbocycles. The van der Waals surface area contributed by atoms with Crippen LogP contribution in [0.25, 0.3) is 0 Å². The quantitative estimate of drug-likeness (QED) is 0.767. The van der Waals surface area contributed by atoms with E-state index in [-0.39, 0.29) is 11.4 Å². The normalized spacial score (nSPS) is 35.4. The zero-order chi connectivity index (χ0) is 12.5. The number of hydrogen-bond donors (Lipinski definition) is 2. The highest BCUT2D eigenvalue weighted by atomic mass is 16.2. The summed E-state index contributed by atoms with van der Waals surface area (Å²) >= 11 is 0. The van der Waals surface area contributed by atoms with Crippen molar-refractivity contribution >= 4 is 11.9 Å². The highest BCUT2D eigenvalue weighted by Gasteiger charge is 2.46. The molecule has 0 aromatic rings. The van der Waals surface area contributed by atoms with E-state index < -0.39 is 0 Å². The number of rotatable bonds is 2. The molecule has 2 aliphatic rings. The summed E-state index contributed by atoms with van der Waals surface area (Å²) in [5.41, 5.74) is -0.359. The topological polar surface area (TPSA) is 53.5 Å². The third kappa shape index (κ3) is 2.61. The van der Waals surface area contributed by atoms with Crippen molar-refractivity contribution in [3.05, 3.63) is 0 Å². The molecular formula is C13H23N3O. The predicted octanol–water partition coefficient (Wildman–Crippen LogP) is 1.67. The van der Waals surface area contributed by atoms with Crippen molar-refractivity contribution < 1.29 is 4.79 Å². The summed E-state index contributed by atoms with van der Waals surface area (Å²) in [6.07, 6.45) is 4.11. The molecule has 1 heterocycles. The Bertz CT molecular complexity index is 328. The molecule has 1 spiro atoms. The molecule has 17 heavy (non-hydrogen) atoms. The Hall–Kier alpha value is -1.06. The van der Waals surface area contributed by atoms with Crippen LogP contribution in [0.15, 0.2) is 4.99 Å². The second kappa shape index (κ2) is 4.67.